The highest BCUT2D eigenvalue weighted by atomic mass is 35.5. The van der Waals surface area contributed by atoms with Crippen LogP contribution >= 0.6 is 11.6 Å². The molecule has 5 nitrogen and oxygen atoms in total. The number of nitrogens with zero attached hydrogens (tertiary/aromatic N) is 1. The maximum Gasteiger partial charge on any atom is 0.260 e. The second kappa shape index (κ2) is 7.55. The Morgan fingerprint density at radius 2 is 2.12 bits per heavy atom. The Balaban J connectivity index is 1.60. The van der Waals surface area contributed by atoms with Gasteiger partial charge in [0.1, 0.15) is 6.10 Å². The molecule has 2 aromatic carbocycles. The molecule has 1 N–H and O–H groups in total. The van der Waals surface area contributed by atoms with Crippen molar-refractivity contribution in [2.24, 2.45) is 0 Å². The first kappa shape index (κ1) is 16.6. The van der Waals surface area contributed by atoms with Crippen LogP contribution in [0.5, 0.6) is 11.5 Å². The number of phenols is 1. The minimum absolute atomic E-state index is 0.0177. The summed E-state index contributed by atoms with van der Waals surface area (Å²) in [6.07, 6.45) is -0.202. The zero-order valence-electron chi connectivity index (χ0n) is 13.0. The number of hydrogen-bond acceptors (Lipinski definition) is 4. The molecule has 126 valence electrons. The van der Waals surface area contributed by atoms with E-state index in [4.69, 9.17) is 21.1 Å². The second-order valence-corrected chi connectivity index (χ2v) is 5.95. The number of aromatic hydroxyl groups is 1. The number of benzene rings is 2. The highest BCUT2D eigenvalue weighted by molar-refractivity contribution is 6.30. The molecule has 1 aliphatic rings. The molecule has 0 radical (unpaired) electrons. The molecule has 24 heavy (non-hydrogen) atoms. The summed E-state index contributed by atoms with van der Waals surface area (Å²) in [6.45, 7) is 1.29. The Labute approximate surface area is 145 Å². The third-order valence-corrected chi connectivity index (χ3v) is 4.09. The van der Waals surface area contributed by atoms with Gasteiger partial charge in [0.15, 0.2) is 18.1 Å². The predicted octanol–water partition coefficient (Wildman–Crippen LogP) is 3.02. The monoisotopic (exact) mass is 347 g/mol. The van der Waals surface area contributed by atoms with Gasteiger partial charge in [-0.1, -0.05) is 35.9 Å². The van der Waals surface area contributed by atoms with Crippen LogP contribution in [0.25, 0.3) is 0 Å². The fraction of sp³-hybridized carbons (Fsp3) is 0.278. The van der Waals surface area contributed by atoms with Crippen molar-refractivity contribution in [3.8, 4) is 11.5 Å². The van der Waals surface area contributed by atoms with E-state index in [2.05, 4.69) is 0 Å². The van der Waals surface area contributed by atoms with Crippen molar-refractivity contribution in [1.82, 2.24) is 4.90 Å². The SMILES string of the molecule is O=C(COc1ccccc1O)N1CCO[C@@H](c2cccc(Cl)c2)C1. The summed E-state index contributed by atoms with van der Waals surface area (Å²) in [5, 5.41) is 10.3. The summed E-state index contributed by atoms with van der Waals surface area (Å²) in [5.41, 5.74) is 0.946. The van der Waals surface area contributed by atoms with Crippen LogP contribution in [0, 0.1) is 0 Å². The smallest absolute Gasteiger partial charge is 0.260 e. The predicted molar refractivity (Wildman–Crippen MR) is 90.3 cm³/mol. The van der Waals surface area contributed by atoms with Gasteiger partial charge < -0.3 is 19.5 Å². The molecule has 0 aromatic heterocycles. The van der Waals surface area contributed by atoms with Crippen LogP contribution in [0.2, 0.25) is 5.02 Å². The molecule has 1 fully saturated rings. The van der Waals surface area contributed by atoms with Gasteiger partial charge in [-0.15, -0.1) is 0 Å². The van der Waals surface area contributed by atoms with Gasteiger partial charge in [-0.25, -0.2) is 0 Å². The van der Waals surface area contributed by atoms with Crippen molar-refractivity contribution in [1.29, 1.82) is 0 Å². The van der Waals surface area contributed by atoms with Gasteiger partial charge in [0, 0.05) is 11.6 Å². The molecular formula is C18H18ClNO4. The Morgan fingerprint density at radius 3 is 2.92 bits per heavy atom. The van der Waals surface area contributed by atoms with Crippen molar-refractivity contribution in [3.63, 3.8) is 0 Å². The van der Waals surface area contributed by atoms with Crippen molar-refractivity contribution in [3.05, 3.63) is 59.1 Å². The van der Waals surface area contributed by atoms with Gasteiger partial charge in [-0.3, -0.25) is 4.79 Å². The molecule has 1 saturated heterocycles. The molecule has 0 spiro atoms. The molecule has 0 bridgehead atoms. The van der Waals surface area contributed by atoms with Crippen molar-refractivity contribution in [2.45, 2.75) is 6.10 Å². The van der Waals surface area contributed by atoms with Crippen LogP contribution in [0.1, 0.15) is 11.7 Å². The second-order valence-electron chi connectivity index (χ2n) is 5.51. The number of halogens is 1. The van der Waals surface area contributed by atoms with E-state index in [0.717, 1.165) is 5.56 Å². The minimum atomic E-state index is -0.202. The summed E-state index contributed by atoms with van der Waals surface area (Å²) in [5.74, 6) is 0.170. The standard InChI is InChI=1S/C18H18ClNO4/c19-14-5-3-4-13(10-14)17-11-20(8-9-23-17)18(22)12-24-16-7-2-1-6-15(16)21/h1-7,10,17,21H,8-9,11-12H2/t17-/m1/s1. The molecule has 1 amide bonds. The molecule has 2 aromatic rings. The quantitative estimate of drug-likeness (QED) is 0.923. The van der Waals surface area contributed by atoms with E-state index < -0.39 is 0 Å². The minimum Gasteiger partial charge on any atom is -0.504 e. The lowest BCUT2D eigenvalue weighted by Gasteiger charge is -2.33. The van der Waals surface area contributed by atoms with Crippen LogP contribution in [-0.4, -0.2) is 42.2 Å². The van der Waals surface area contributed by atoms with Crippen molar-refractivity contribution < 1.29 is 19.4 Å². The number of hydrogen-bond donors (Lipinski definition) is 1. The third-order valence-electron chi connectivity index (χ3n) is 3.86. The lowest BCUT2D eigenvalue weighted by Crippen LogP contribution is -2.44. The van der Waals surface area contributed by atoms with Crippen LogP contribution < -0.4 is 4.74 Å². The summed E-state index contributed by atoms with van der Waals surface area (Å²) >= 11 is 6.02. The zero-order valence-corrected chi connectivity index (χ0v) is 13.8. The number of para-hydroxylation sites is 2. The van der Waals surface area contributed by atoms with Crippen LogP contribution in [0.15, 0.2) is 48.5 Å². The van der Waals surface area contributed by atoms with Gasteiger partial charge >= 0.3 is 0 Å². The Hall–Kier alpha value is -2.24. The number of morpholine rings is 1. The third kappa shape index (κ3) is 3.99. The van der Waals surface area contributed by atoms with Gasteiger partial charge in [-0.05, 0) is 29.8 Å². The van der Waals surface area contributed by atoms with Crippen molar-refractivity contribution in [2.75, 3.05) is 26.3 Å². The van der Waals surface area contributed by atoms with E-state index in [-0.39, 0.29) is 24.4 Å². The fourth-order valence-corrected chi connectivity index (χ4v) is 2.79. The van der Waals surface area contributed by atoms with Crippen molar-refractivity contribution >= 4 is 17.5 Å². The van der Waals surface area contributed by atoms with E-state index in [0.29, 0.717) is 30.5 Å². The average Bonchev–Trinajstić information content (AvgIpc) is 2.61. The Kier molecular flexibility index (Phi) is 5.23. The maximum absolute atomic E-state index is 12.4. The first-order chi connectivity index (χ1) is 11.6. The number of phenolic OH excluding ortho intramolecular Hbond substituents is 1. The lowest BCUT2D eigenvalue weighted by molar-refractivity contribution is -0.141. The highest BCUT2D eigenvalue weighted by Gasteiger charge is 2.25. The maximum atomic E-state index is 12.4. The highest BCUT2D eigenvalue weighted by Crippen LogP contribution is 2.26. The molecule has 0 saturated carbocycles. The van der Waals surface area contributed by atoms with Gasteiger partial charge in [0.25, 0.3) is 5.91 Å². The number of ether oxygens (including phenoxy) is 2. The lowest BCUT2D eigenvalue weighted by atomic mass is 10.1. The largest absolute Gasteiger partial charge is 0.504 e. The van der Waals surface area contributed by atoms with Crippen LogP contribution in [-0.2, 0) is 9.53 Å². The Morgan fingerprint density at radius 1 is 1.29 bits per heavy atom. The average molecular weight is 348 g/mol. The molecule has 6 heteroatoms. The summed E-state index contributed by atoms with van der Waals surface area (Å²) in [7, 11) is 0. The van der Waals surface area contributed by atoms with Crippen LogP contribution in [0.3, 0.4) is 0 Å². The zero-order chi connectivity index (χ0) is 16.9. The summed E-state index contributed by atoms with van der Waals surface area (Å²) in [6, 6.07) is 14.0. The van der Waals surface area contributed by atoms with E-state index >= 15 is 0 Å². The topological polar surface area (TPSA) is 59.0 Å². The molecule has 1 atom stereocenters. The molecule has 0 unspecified atom stereocenters. The number of rotatable bonds is 4. The summed E-state index contributed by atoms with van der Waals surface area (Å²) < 4.78 is 11.2. The molecule has 0 aliphatic carbocycles. The number of amides is 1. The van der Waals surface area contributed by atoms with E-state index in [9.17, 15) is 9.90 Å². The molecule has 1 aliphatic heterocycles. The number of carbonyl (C=O) groups excluding carboxylic acids is 1. The van der Waals surface area contributed by atoms with E-state index in [1.165, 1.54) is 6.07 Å². The van der Waals surface area contributed by atoms with E-state index in [1.807, 2.05) is 18.2 Å². The first-order valence-electron chi connectivity index (χ1n) is 7.69. The molecule has 3 rings (SSSR count). The fourth-order valence-electron chi connectivity index (χ4n) is 2.59. The Bertz CT molecular complexity index is 722. The van der Waals surface area contributed by atoms with Gasteiger partial charge in [-0.2, -0.15) is 0 Å². The summed E-state index contributed by atoms with van der Waals surface area (Å²) in [4.78, 5) is 14.1. The molecule has 1 heterocycles. The van der Waals surface area contributed by atoms with Gasteiger partial charge in [0.2, 0.25) is 0 Å². The number of carbonyl (C=O) groups is 1. The first-order valence-corrected chi connectivity index (χ1v) is 8.07. The van der Waals surface area contributed by atoms with E-state index in [1.54, 1.807) is 29.2 Å². The van der Waals surface area contributed by atoms with Crippen LogP contribution in [0.4, 0.5) is 0 Å². The normalized spacial score (nSPS) is 17.5. The molecular weight excluding hydrogens is 330 g/mol. The van der Waals surface area contributed by atoms with Gasteiger partial charge in [0.05, 0.1) is 13.2 Å².